The summed E-state index contributed by atoms with van der Waals surface area (Å²) >= 11 is 0. The molecule has 0 bridgehead atoms. The number of halogens is 2. The number of benzene rings is 1. The fraction of sp³-hybridized carbons (Fsp3) is 0.739. The van der Waals surface area contributed by atoms with Crippen molar-refractivity contribution < 1.29 is 18.3 Å². The molecule has 0 amide bonds. The highest BCUT2D eigenvalue weighted by Crippen LogP contribution is 2.29. The summed E-state index contributed by atoms with van der Waals surface area (Å²) in [6.07, 6.45) is 5.97. The Morgan fingerprint density at radius 3 is 1.70 bits per heavy atom. The highest BCUT2D eigenvalue weighted by molar-refractivity contribution is 5.35. The molecule has 1 rings (SSSR count). The van der Waals surface area contributed by atoms with Gasteiger partial charge in [-0.05, 0) is 49.1 Å². The first kappa shape index (κ1) is 23.7. The highest BCUT2D eigenvalue weighted by Gasteiger charge is 2.18. The third-order valence-electron chi connectivity index (χ3n) is 5.73. The van der Waals surface area contributed by atoms with Gasteiger partial charge in [0.05, 0.1) is 13.2 Å². The lowest BCUT2D eigenvalue weighted by molar-refractivity contribution is 0.219. The largest absolute Gasteiger partial charge is 0.491 e. The van der Waals surface area contributed by atoms with Gasteiger partial charge in [-0.25, -0.2) is 0 Å². The second kappa shape index (κ2) is 12.2. The van der Waals surface area contributed by atoms with E-state index in [0.29, 0.717) is 31.0 Å². The van der Waals surface area contributed by atoms with Gasteiger partial charge in [-0.15, -0.1) is 0 Å². The summed E-state index contributed by atoms with van der Waals surface area (Å²) in [6, 6.07) is 2.86. The number of rotatable bonds is 13. The monoisotopic (exact) mass is 384 g/mol. The standard InChI is InChI=1S/C23H38F2O2/c1-7-16(3)9-11-18(5)19(6)12-10-17(4)15-27-21-14-13-20(26-8-2)22(24)23(21)25/h13-14,16-19H,7-12,15H2,1-6H3. The molecule has 0 radical (unpaired) electrons. The molecule has 0 aliphatic carbocycles. The third-order valence-corrected chi connectivity index (χ3v) is 5.73. The zero-order chi connectivity index (χ0) is 20.4. The molecular formula is C23H38F2O2. The van der Waals surface area contributed by atoms with Gasteiger partial charge in [0.1, 0.15) is 0 Å². The second-order valence-electron chi connectivity index (χ2n) is 8.16. The molecule has 0 N–H and O–H groups in total. The van der Waals surface area contributed by atoms with Crippen LogP contribution in [-0.2, 0) is 0 Å². The van der Waals surface area contributed by atoms with Crippen LogP contribution in [0.1, 0.15) is 73.6 Å². The van der Waals surface area contributed by atoms with E-state index in [1.165, 1.54) is 31.4 Å². The van der Waals surface area contributed by atoms with E-state index in [9.17, 15) is 8.78 Å². The van der Waals surface area contributed by atoms with E-state index in [0.717, 1.165) is 18.8 Å². The summed E-state index contributed by atoms with van der Waals surface area (Å²) in [5.74, 6) is 0.403. The molecule has 0 saturated carbocycles. The van der Waals surface area contributed by atoms with E-state index in [2.05, 4.69) is 34.6 Å². The van der Waals surface area contributed by atoms with Gasteiger partial charge in [-0.3, -0.25) is 0 Å². The number of hydrogen-bond donors (Lipinski definition) is 0. The summed E-state index contributed by atoms with van der Waals surface area (Å²) in [5, 5.41) is 0. The van der Waals surface area contributed by atoms with Gasteiger partial charge >= 0.3 is 0 Å². The Labute approximate surface area is 164 Å². The van der Waals surface area contributed by atoms with Crippen LogP contribution < -0.4 is 9.47 Å². The molecule has 4 unspecified atom stereocenters. The summed E-state index contributed by atoms with van der Waals surface area (Å²) in [7, 11) is 0. The quantitative estimate of drug-likeness (QED) is 0.356. The zero-order valence-corrected chi connectivity index (χ0v) is 18.0. The molecule has 156 valence electrons. The second-order valence-corrected chi connectivity index (χ2v) is 8.16. The van der Waals surface area contributed by atoms with Gasteiger partial charge in [0.15, 0.2) is 11.5 Å². The summed E-state index contributed by atoms with van der Waals surface area (Å²) < 4.78 is 38.5. The summed E-state index contributed by atoms with van der Waals surface area (Å²) in [5.41, 5.74) is 0. The van der Waals surface area contributed by atoms with Crippen molar-refractivity contribution in [3.8, 4) is 11.5 Å². The minimum absolute atomic E-state index is 0.0437. The van der Waals surface area contributed by atoms with Crippen molar-refractivity contribution in [1.29, 1.82) is 0 Å². The summed E-state index contributed by atoms with van der Waals surface area (Å²) in [4.78, 5) is 0. The predicted molar refractivity (Wildman–Crippen MR) is 108 cm³/mol. The van der Waals surface area contributed by atoms with E-state index in [-0.39, 0.29) is 11.5 Å². The first-order valence-corrected chi connectivity index (χ1v) is 10.5. The van der Waals surface area contributed by atoms with Crippen molar-refractivity contribution in [3.63, 3.8) is 0 Å². The van der Waals surface area contributed by atoms with Crippen molar-refractivity contribution >= 4 is 0 Å². The first-order valence-electron chi connectivity index (χ1n) is 10.5. The van der Waals surface area contributed by atoms with Gasteiger partial charge in [-0.1, -0.05) is 60.3 Å². The summed E-state index contributed by atoms with van der Waals surface area (Å²) in [6.45, 7) is 13.7. The average Bonchev–Trinajstić information content (AvgIpc) is 2.66. The van der Waals surface area contributed by atoms with Gasteiger partial charge in [-0.2, -0.15) is 8.78 Å². The van der Waals surface area contributed by atoms with E-state index >= 15 is 0 Å². The maximum absolute atomic E-state index is 14.1. The lowest BCUT2D eigenvalue weighted by Crippen LogP contribution is -2.14. The fourth-order valence-electron chi connectivity index (χ4n) is 3.08. The molecule has 1 aromatic carbocycles. The normalized spacial score (nSPS) is 15.9. The Kier molecular flexibility index (Phi) is 10.7. The topological polar surface area (TPSA) is 18.5 Å². The lowest BCUT2D eigenvalue weighted by atomic mass is 9.84. The van der Waals surface area contributed by atoms with Crippen molar-refractivity contribution in [2.75, 3.05) is 13.2 Å². The van der Waals surface area contributed by atoms with E-state index in [4.69, 9.17) is 9.47 Å². The van der Waals surface area contributed by atoms with Gasteiger partial charge in [0, 0.05) is 0 Å². The maximum atomic E-state index is 14.1. The van der Waals surface area contributed by atoms with Crippen LogP contribution in [0.2, 0.25) is 0 Å². The van der Waals surface area contributed by atoms with E-state index in [1.54, 1.807) is 6.92 Å². The fourth-order valence-corrected chi connectivity index (χ4v) is 3.08. The SMILES string of the molecule is CCOc1ccc(OCC(C)CCC(C)C(C)CCC(C)CC)c(F)c1F. The van der Waals surface area contributed by atoms with Crippen LogP contribution in [0.5, 0.6) is 11.5 Å². The Morgan fingerprint density at radius 2 is 1.22 bits per heavy atom. The molecule has 4 atom stereocenters. The maximum Gasteiger partial charge on any atom is 0.204 e. The van der Waals surface area contributed by atoms with Crippen LogP contribution in [0.25, 0.3) is 0 Å². The molecule has 1 aromatic rings. The molecule has 0 aliphatic heterocycles. The Bertz CT molecular complexity index is 547. The van der Waals surface area contributed by atoms with Gasteiger partial charge in [0.2, 0.25) is 11.6 Å². The predicted octanol–water partition coefficient (Wildman–Crippen LogP) is 7.26. The smallest absolute Gasteiger partial charge is 0.204 e. The van der Waals surface area contributed by atoms with Crippen molar-refractivity contribution in [2.45, 2.75) is 73.6 Å². The van der Waals surface area contributed by atoms with Crippen LogP contribution in [0.4, 0.5) is 8.78 Å². The first-order chi connectivity index (χ1) is 12.8. The third kappa shape index (κ3) is 8.06. The van der Waals surface area contributed by atoms with Crippen LogP contribution >= 0.6 is 0 Å². The minimum atomic E-state index is -0.981. The minimum Gasteiger partial charge on any atom is -0.491 e. The molecular weight excluding hydrogens is 346 g/mol. The molecule has 0 saturated heterocycles. The average molecular weight is 385 g/mol. The van der Waals surface area contributed by atoms with E-state index < -0.39 is 11.6 Å². The molecule has 2 nitrogen and oxygen atoms in total. The molecule has 0 aliphatic rings. The van der Waals surface area contributed by atoms with Gasteiger partial charge in [0.25, 0.3) is 0 Å². The highest BCUT2D eigenvalue weighted by atomic mass is 19.2. The van der Waals surface area contributed by atoms with Crippen LogP contribution in [0.15, 0.2) is 12.1 Å². The molecule has 4 heteroatoms. The zero-order valence-electron chi connectivity index (χ0n) is 18.0. The Balaban J connectivity index is 2.40. The van der Waals surface area contributed by atoms with E-state index in [1.807, 2.05) is 0 Å². The number of hydrogen-bond acceptors (Lipinski definition) is 2. The Morgan fingerprint density at radius 1 is 0.741 bits per heavy atom. The number of ether oxygens (including phenoxy) is 2. The molecule has 0 fully saturated rings. The van der Waals surface area contributed by atoms with Crippen LogP contribution in [0.3, 0.4) is 0 Å². The molecule has 27 heavy (non-hydrogen) atoms. The van der Waals surface area contributed by atoms with Crippen molar-refractivity contribution in [2.24, 2.45) is 23.7 Å². The molecule has 0 spiro atoms. The van der Waals surface area contributed by atoms with Crippen LogP contribution in [0, 0.1) is 35.3 Å². The van der Waals surface area contributed by atoms with Gasteiger partial charge < -0.3 is 9.47 Å². The molecule has 0 aromatic heterocycles. The van der Waals surface area contributed by atoms with Crippen LogP contribution in [-0.4, -0.2) is 13.2 Å². The van der Waals surface area contributed by atoms with Crippen molar-refractivity contribution in [3.05, 3.63) is 23.8 Å². The van der Waals surface area contributed by atoms with Crippen molar-refractivity contribution in [1.82, 2.24) is 0 Å². The molecule has 0 heterocycles. The Hall–Kier alpha value is -1.32. The lowest BCUT2D eigenvalue weighted by Gasteiger charge is -2.23.